The molecule has 0 saturated carbocycles. The number of rotatable bonds is 7. The summed E-state index contributed by atoms with van der Waals surface area (Å²) in [6, 6.07) is -0.278. The second kappa shape index (κ2) is 6.86. The quantitative estimate of drug-likeness (QED) is 0.694. The minimum atomic E-state index is -0.278. The van der Waals surface area contributed by atoms with E-state index in [9.17, 15) is 9.59 Å². The highest BCUT2D eigenvalue weighted by Gasteiger charge is 2.28. The van der Waals surface area contributed by atoms with Gasteiger partial charge < -0.3 is 11.1 Å². The number of nitrogens with zero attached hydrogens (tertiary/aromatic N) is 2. The van der Waals surface area contributed by atoms with Crippen LogP contribution in [0.3, 0.4) is 0 Å². The van der Waals surface area contributed by atoms with Crippen LogP contribution >= 0.6 is 0 Å². The summed E-state index contributed by atoms with van der Waals surface area (Å²) >= 11 is 0. The number of amides is 3. The van der Waals surface area contributed by atoms with Gasteiger partial charge in [0.15, 0.2) is 0 Å². The van der Waals surface area contributed by atoms with E-state index < -0.39 is 0 Å². The number of nitrogens with two attached hydrogens (primary N) is 1. The molecule has 0 aromatic carbocycles. The molecule has 1 aliphatic rings. The molecule has 1 rings (SSSR count). The van der Waals surface area contributed by atoms with E-state index in [-0.39, 0.29) is 23.9 Å². The number of hydrogen-bond acceptors (Lipinski definition) is 4. The monoisotopic (exact) mass is 270 g/mol. The van der Waals surface area contributed by atoms with Gasteiger partial charge in [-0.1, -0.05) is 20.8 Å². The summed E-state index contributed by atoms with van der Waals surface area (Å²) in [7, 11) is 0. The molecular formula is C13H26N4O2. The van der Waals surface area contributed by atoms with Gasteiger partial charge in [-0.3, -0.25) is 14.6 Å². The van der Waals surface area contributed by atoms with Gasteiger partial charge in [-0.25, -0.2) is 4.79 Å². The summed E-state index contributed by atoms with van der Waals surface area (Å²) in [4.78, 5) is 26.9. The maximum atomic E-state index is 12.1. The van der Waals surface area contributed by atoms with Gasteiger partial charge in [-0.2, -0.15) is 0 Å². The van der Waals surface area contributed by atoms with E-state index in [1.165, 1.54) is 4.90 Å². The molecular weight excluding hydrogens is 244 g/mol. The van der Waals surface area contributed by atoms with Gasteiger partial charge in [0.05, 0.1) is 6.54 Å². The Labute approximate surface area is 115 Å². The summed E-state index contributed by atoms with van der Waals surface area (Å²) in [5.74, 6) is -0.128. The van der Waals surface area contributed by atoms with Gasteiger partial charge in [0.1, 0.15) is 0 Å². The van der Waals surface area contributed by atoms with Crippen LogP contribution in [0.2, 0.25) is 0 Å². The molecule has 0 atom stereocenters. The normalized spacial score (nSPS) is 16.1. The molecule has 6 heteroatoms. The van der Waals surface area contributed by atoms with E-state index in [1.807, 2.05) is 0 Å². The van der Waals surface area contributed by atoms with E-state index in [4.69, 9.17) is 5.73 Å². The zero-order valence-electron chi connectivity index (χ0n) is 12.2. The summed E-state index contributed by atoms with van der Waals surface area (Å²) in [6.45, 7) is 9.73. The van der Waals surface area contributed by atoms with Crippen LogP contribution in [-0.2, 0) is 4.79 Å². The van der Waals surface area contributed by atoms with Crippen molar-refractivity contribution >= 4 is 11.9 Å². The lowest BCUT2D eigenvalue weighted by molar-refractivity contribution is -0.129. The molecule has 19 heavy (non-hydrogen) atoms. The second-order valence-corrected chi connectivity index (χ2v) is 5.86. The average Bonchev–Trinajstić information content (AvgIpc) is 2.75. The Kier molecular flexibility index (Phi) is 5.75. The first-order valence-electron chi connectivity index (χ1n) is 6.90. The molecule has 1 aliphatic heterocycles. The number of hydrogen-bond donors (Lipinski definition) is 2. The lowest BCUT2D eigenvalue weighted by atomic mass is 9.93. The van der Waals surface area contributed by atoms with Gasteiger partial charge in [0.2, 0.25) is 5.91 Å². The molecule has 0 bridgehead atoms. The zero-order valence-corrected chi connectivity index (χ0v) is 12.2. The highest BCUT2D eigenvalue weighted by Crippen LogP contribution is 2.15. The molecule has 3 N–H and O–H groups in total. The molecule has 3 amide bonds. The van der Waals surface area contributed by atoms with Gasteiger partial charge >= 0.3 is 6.03 Å². The van der Waals surface area contributed by atoms with Crippen molar-refractivity contribution in [3.8, 4) is 0 Å². The third-order valence-electron chi connectivity index (χ3n) is 3.26. The molecule has 0 aromatic heterocycles. The van der Waals surface area contributed by atoms with Crippen molar-refractivity contribution in [3.05, 3.63) is 0 Å². The number of nitrogens with one attached hydrogen (secondary N) is 1. The largest absolute Gasteiger partial charge is 0.336 e. The third-order valence-corrected chi connectivity index (χ3v) is 3.26. The minimum Gasteiger partial charge on any atom is -0.336 e. The Hall–Kier alpha value is -1.14. The first-order chi connectivity index (χ1) is 8.89. The fourth-order valence-electron chi connectivity index (χ4n) is 2.19. The van der Waals surface area contributed by atoms with Gasteiger partial charge in [-0.05, 0) is 24.9 Å². The first-order valence-corrected chi connectivity index (χ1v) is 6.90. The molecule has 6 nitrogen and oxygen atoms in total. The van der Waals surface area contributed by atoms with Crippen molar-refractivity contribution in [2.45, 2.75) is 27.2 Å². The number of carbonyl (C=O) groups excluding carboxylic acids is 2. The SMILES string of the molecule is CCCN(CC(=O)N1CCNC1=O)CC(C)(C)CN. The fourth-order valence-corrected chi connectivity index (χ4v) is 2.19. The van der Waals surface area contributed by atoms with Crippen molar-refractivity contribution in [1.29, 1.82) is 0 Å². The molecule has 0 aromatic rings. The van der Waals surface area contributed by atoms with E-state index in [1.54, 1.807) is 0 Å². The number of urea groups is 1. The van der Waals surface area contributed by atoms with E-state index >= 15 is 0 Å². The standard InChI is InChI=1S/C13H26N4O2/c1-4-6-16(10-13(2,3)9-14)8-11(18)17-7-5-15-12(17)19/h4-10,14H2,1-3H3,(H,15,19). The Balaban J connectivity index is 2.57. The third kappa shape index (κ3) is 4.80. The highest BCUT2D eigenvalue weighted by atomic mass is 16.2. The Morgan fingerprint density at radius 2 is 2.21 bits per heavy atom. The molecule has 0 unspecified atom stereocenters. The molecule has 0 aliphatic carbocycles. The zero-order chi connectivity index (χ0) is 14.5. The lowest BCUT2D eigenvalue weighted by Crippen LogP contribution is -2.46. The molecule has 1 heterocycles. The van der Waals surface area contributed by atoms with Crippen LogP contribution in [0.4, 0.5) is 4.79 Å². The van der Waals surface area contributed by atoms with Gasteiger partial charge in [-0.15, -0.1) is 0 Å². The molecule has 0 radical (unpaired) electrons. The lowest BCUT2D eigenvalue weighted by Gasteiger charge is -2.31. The van der Waals surface area contributed by atoms with Crippen LogP contribution in [0.25, 0.3) is 0 Å². The predicted molar refractivity (Wildman–Crippen MR) is 74.7 cm³/mol. The van der Waals surface area contributed by atoms with Gasteiger partial charge in [0, 0.05) is 19.6 Å². The smallest absolute Gasteiger partial charge is 0.324 e. The highest BCUT2D eigenvalue weighted by molar-refractivity contribution is 5.96. The van der Waals surface area contributed by atoms with Crippen molar-refractivity contribution in [2.75, 3.05) is 39.3 Å². The van der Waals surface area contributed by atoms with Crippen LogP contribution < -0.4 is 11.1 Å². The van der Waals surface area contributed by atoms with Crippen LogP contribution in [0.5, 0.6) is 0 Å². The maximum Gasteiger partial charge on any atom is 0.324 e. The Morgan fingerprint density at radius 3 is 2.68 bits per heavy atom. The number of carbonyl (C=O) groups is 2. The topological polar surface area (TPSA) is 78.7 Å². The molecule has 110 valence electrons. The number of imide groups is 1. The van der Waals surface area contributed by atoms with Crippen LogP contribution in [0.15, 0.2) is 0 Å². The van der Waals surface area contributed by atoms with Crippen molar-refractivity contribution in [3.63, 3.8) is 0 Å². The summed E-state index contributed by atoms with van der Waals surface area (Å²) in [6.07, 6.45) is 0.972. The average molecular weight is 270 g/mol. The summed E-state index contributed by atoms with van der Waals surface area (Å²) < 4.78 is 0. The van der Waals surface area contributed by atoms with E-state index in [0.717, 1.165) is 19.5 Å². The minimum absolute atomic E-state index is 0.0251. The maximum absolute atomic E-state index is 12.1. The Morgan fingerprint density at radius 1 is 1.53 bits per heavy atom. The first kappa shape index (κ1) is 15.9. The summed E-state index contributed by atoms with van der Waals surface area (Å²) in [5.41, 5.74) is 5.71. The van der Waals surface area contributed by atoms with Crippen molar-refractivity contribution < 1.29 is 9.59 Å². The predicted octanol–water partition coefficient (Wildman–Crippen LogP) is 0.235. The molecule has 1 saturated heterocycles. The van der Waals surface area contributed by atoms with Gasteiger partial charge in [0.25, 0.3) is 0 Å². The molecule has 1 fully saturated rings. The van der Waals surface area contributed by atoms with Crippen molar-refractivity contribution in [2.24, 2.45) is 11.1 Å². The second-order valence-electron chi connectivity index (χ2n) is 5.86. The van der Waals surface area contributed by atoms with Crippen LogP contribution in [-0.4, -0.2) is 61.0 Å². The Bertz CT molecular complexity index is 331. The fraction of sp³-hybridized carbons (Fsp3) is 0.846. The van der Waals surface area contributed by atoms with Crippen LogP contribution in [0, 0.1) is 5.41 Å². The van der Waals surface area contributed by atoms with Crippen LogP contribution in [0.1, 0.15) is 27.2 Å². The van der Waals surface area contributed by atoms with Crippen molar-refractivity contribution in [1.82, 2.24) is 15.1 Å². The molecule has 0 spiro atoms. The van der Waals surface area contributed by atoms with E-state index in [2.05, 4.69) is 31.0 Å². The van der Waals surface area contributed by atoms with E-state index in [0.29, 0.717) is 19.6 Å². The summed E-state index contributed by atoms with van der Waals surface area (Å²) in [5, 5.41) is 2.64.